The zero-order valence-corrected chi connectivity index (χ0v) is 15.6. The van der Waals surface area contributed by atoms with Gasteiger partial charge in [0.2, 0.25) is 0 Å². The Morgan fingerprint density at radius 2 is 1.81 bits per heavy atom. The fourth-order valence-corrected chi connectivity index (χ4v) is 3.03. The first-order chi connectivity index (χ1) is 12.5. The number of amides is 1. The molecule has 1 aromatic carbocycles. The lowest BCUT2D eigenvalue weighted by molar-refractivity contribution is 0.0728. The lowest BCUT2D eigenvalue weighted by Gasteiger charge is -2.29. The normalized spacial score (nSPS) is 13.3. The quantitative estimate of drug-likeness (QED) is 0.887. The number of ether oxygens (including phenoxy) is 2. The van der Waals surface area contributed by atoms with Gasteiger partial charge in [-0.05, 0) is 43.5 Å². The number of nitrogens with one attached hydrogen (secondary N) is 1. The van der Waals surface area contributed by atoms with Gasteiger partial charge < -0.3 is 19.7 Å². The highest BCUT2D eigenvalue weighted by Gasteiger charge is 2.24. The van der Waals surface area contributed by atoms with Crippen molar-refractivity contribution in [2.45, 2.75) is 32.9 Å². The van der Waals surface area contributed by atoms with Crippen molar-refractivity contribution >= 4 is 11.7 Å². The molecule has 3 rings (SSSR count). The molecule has 0 bridgehead atoms. The molecule has 2 aromatic rings. The van der Waals surface area contributed by atoms with E-state index < -0.39 is 0 Å². The standard InChI is InChI=1S/C19H24N4O3/c1-12(2)22-18-10-20-15(9-21-18)19(24)23-6-5-13-7-16(25-3)17(26-4)8-14(13)11-23/h7-10,12H,5-6,11H2,1-4H3,(H,21,22). The molecule has 0 saturated carbocycles. The van der Waals surface area contributed by atoms with Crippen LogP contribution in [-0.4, -0.2) is 47.6 Å². The van der Waals surface area contributed by atoms with Gasteiger partial charge >= 0.3 is 0 Å². The second-order valence-corrected chi connectivity index (χ2v) is 6.54. The fraction of sp³-hybridized carbons (Fsp3) is 0.421. The van der Waals surface area contributed by atoms with Crippen LogP contribution in [0.2, 0.25) is 0 Å². The number of aromatic nitrogens is 2. The minimum atomic E-state index is -0.117. The van der Waals surface area contributed by atoms with Gasteiger partial charge in [0.25, 0.3) is 5.91 Å². The molecule has 0 saturated heterocycles. The Bertz CT molecular complexity index is 790. The van der Waals surface area contributed by atoms with Gasteiger partial charge in [0.15, 0.2) is 11.5 Å². The number of anilines is 1. The second-order valence-electron chi connectivity index (χ2n) is 6.54. The topological polar surface area (TPSA) is 76.6 Å². The van der Waals surface area contributed by atoms with Gasteiger partial charge in [-0.1, -0.05) is 0 Å². The Hall–Kier alpha value is -2.83. The van der Waals surface area contributed by atoms with Gasteiger partial charge in [0.1, 0.15) is 11.5 Å². The third-order valence-electron chi connectivity index (χ3n) is 4.31. The highest BCUT2D eigenvalue weighted by atomic mass is 16.5. The smallest absolute Gasteiger partial charge is 0.274 e. The summed E-state index contributed by atoms with van der Waals surface area (Å²) in [4.78, 5) is 23.1. The number of nitrogens with zero attached hydrogens (tertiary/aromatic N) is 3. The molecule has 26 heavy (non-hydrogen) atoms. The molecule has 0 unspecified atom stereocenters. The molecule has 7 nitrogen and oxygen atoms in total. The Labute approximate surface area is 153 Å². The van der Waals surface area contributed by atoms with Crippen molar-refractivity contribution in [2.75, 3.05) is 26.1 Å². The lowest BCUT2D eigenvalue weighted by atomic mass is 9.98. The third kappa shape index (κ3) is 3.71. The summed E-state index contributed by atoms with van der Waals surface area (Å²) in [5.74, 6) is 1.93. The maximum absolute atomic E-state index is 12.8. The van der Waals surface area contributed by atoms with Crippen LogP contribution in [-0.2, 0) is 13.0 Å². The van der Waals surface area contributed by atoms with Crippen LogP contribution in [0, 0.1) is 0 Å². The number of methoxy groups -OCH3 is 2. The van der Waals surface area contributed by atoms with Crippen LogP contribution < -0.4 is 14.8 Å². The average Bonchev–Trinajstić information content (AvgIpc) is 2.66. The molecule has 0 radical (unpaired) electrons. The van der Waals surface area contributed by atoms with Crippen molar-refractivity contribution in [1.82, 2.24) is 14.9 Å². The van der Waals surface area contributed by atoms with Gasteiger partial charge in [0, 0.05) is 19.1 Å². The van der Waals surface area contributed by atoms with E-state index in [-0.39, 0.29) is 11.9 Å². The van der Waals surface area contributed by atoms with E-state index in [1.807, 2.05) is 26.0 Å². The van der Waals surface area contributed by atoms with Gasteiger partial charge in [-0.3, -0.25) is 4.79 Å². The van der Waals surface area contributed by atoms with E-state index >= 15 is 0 Å². The average molecular weight is 356 g/mol. The monoisotopic (exact) mass is 356 g/mol. The summed E-state index contributed by atoms with van der Waals surface area (Å²) in [5, 5.41) is 3.16. The summed E-state index contributed by atoms with van der Waals surface area (Å²) >= 11 is 0. The molecule has 0 spiro atoms. The van der Waals surface area contributed by atoms with Crippen LogP contribution in [0.4, 0.5) is 5.82 Å². The maximum Gasteiger partial charge on any atom is 0.274 e. The second kappa shape index (κ2) is 7.59. The van der Waals surface area contributed by atoms with Crippen LogP contribution in [0.3, 0.4) is 0 Å². The van der Waals surface area contributed by atoms with E-state index in [1.165, 1.54) is 11.8 Å². The largest absolute Gasteiger partial charge is 0.493 e. The van der Waals surface area contributed by atoms with E-state index in [0.717, 1.165) is 12.0 Å². The molecule has 0 aliphatic carbocycles. The van der Waals surface area contributed by atoms with Crippen molar-refractivity contribution in [2.24, 2.45) is 0 Å². The lowest BCUT2D eigenvalue weighted by Crippen LogP contribution is -2.36. The van der Waals surface area contributed by atoms with Crippen LogP contribution in [0.5, 0.6) is 11.5 Å². The van der Waals surface area contributed by atoms with E-state index in [4.69, 9.17) is 9.47 Å². The SMILES string of the molecule is COc1cc2c(cc1OC)CN(C(=O)c1cnc(NC(C)C)cn1)CC2. The Kier molecular flexibility index (Phi) is 5.25. The van der Waals surface area contributed by atoms with Crippen LogP contribution in [0.25, 0.3) is 0 Å². The van der Waals surface area contributed by atoms with Gasteiger partial charge in [-0.15, -0.1) is 0 Å². The van der Waals surface area contributed by atoms with E-state index in [9.17, 15) is 4.79 Å². The predicted molar refractivity (Wildman–Crippen MR) is 98.8 cm³/mol. The van der Waals surface area contributed by atoms with Crippen LogP contribution in [0.15, 0.2) is 24.5 Å². The first-order valence-electron chi connectivity index (χ1n) is 8.63. The number of hydrogen-bond acceptors (Lipinski definition) is 6. The third-order valence-corrected chi connectivity index (χ3v) is 4.31. The van der Waals surface area contributed by atoms with Gasteiger partial charge in [-0.2, -0.15) is 0 Å². The van der Waals surface area contributed by atoms with E-state index in [1.54, 1.807) is 25.3 Å². The van der Waals surface area contributed by atoms with Crippen molar-refractivity contribution in [3.63, 3.8) is 0 Å². The van der Waals surface area contributed by atoms with Crippen LogP contribution >= 0.6 is 0 Å². The predicted octanol–water partition coefficient (Wildman–Crippen LogP) is 2.51. The summed E-state index contributed by atoms with van der Waals surface area (Å²) in [7, 11) is 3.23. The first kappa shape index (κ1) is 18.0. The molecule has 138 valence electrons. The molecule has 1 aliphatic heterocycles. The number of fused-ring (bicyclic) bond motifs is 1. The summed E-state index contributed by atoms with van der Waals surface area (Å²) in [6, 6.07) is 4.19. The van der Waals surface area contributed by atoms with Crippen LogP contribution in [0.1, 0.15) is 35.5 Å². The molecule has 1 aliphatic rings. The van der Waals surface area contributed by atoms with E-state index in [2.05, 4.69) is 15.3 Å². The first-order valence-corrected chi connectivity index (χ1v) is 8.63. The minimum Gasteiger partial charge on any atom is -0.493 e. The Morgan fingerprint density at radius 1 is 1.12 bits per heavy atom. The summed E-state index contributed by atoms with van der Waals surface area (Å²) in [6.45, 7) is 5.20. The number of rotatable bonds is 5. The zero-order chi connectivity index (χ0) is 18.7. The van der Waals surface area contributed by atoms with Crippen molar-refractivity contribution in [1.29, 1.82) is 0 Å². The molecule has 1 aromatic heterocycles. The number of carbonyl (C=O) groups is 1. The summed E-state index contributed by atoms with van der Waals surface area (Å²) in [6.07, 6.45) is 3.89. The zero-order valence-electron chi connectivity index (χ0n) is 15.6. The molecule has 0 fully saturated rings. The maximum atomic E-state index is 12.8. The molecular weight excluding hydrogens is 332 g/mol. The number of hydrogen-bond donors (Lipinski definition) is 1. The Balaban J connectivity index is 1.76. The molecule has 7 heteroatoms. The highest BCUT2D eigenvalue weighted by molar-refractivity contribution is 5.92. The molecule has 1 amide bonds. The minimum absolute atomic E-state index is 0.117. The summed E-state index contributed by atoms with van der Waals surface area (Å²) in [5.41, 5.74) is 2.59. The van der Waals surface area contributed by atoms with E-state index in [0.29, 0.717) is 36.1 Å². The Morgan fingerprint density at radius 3 is 2.38 bits per heavy atom. The molecule has 0 atom stereocenters. The summed E-state index contributed by atoms with van der Waals surface area (Å²) < 4.78 is 10.7. The van der Waals surface area contributed by atoms with Crippen molar-refractivity contribution in [3.05, 3.63) is 41.3 Å². The van der Waals surface area contributed by atoms with Gasteiger partial charge in [-0.25, -0.2) is 9.97 Å². The van der Waals surface area contributed by atoms with Gasteiger partial charge in [0.05, 0.1) is 26.6 Å². The number of benzene rings is 1. The fourth-order valence-electron chi connectivity index (χ4n) is 3.03. The molecule has 1 N–H and O–H groups in total. The molecule has 2 heterocycles. The molecular formula is C19H24N4O3. The van der Waals surface area contributed by atoms with Crippen molar-refractivity contribution < 1.29 is 14.3 Å². The van der Waals surface area contributed by atoms with Crippen molar-refractivity contribution in [3.8, 4) is 11.5 Å². The number of carbonyl (C=O) groups excluding carboxylic acids is 1. The highest BCUT2D eigenvalue weighted by Crippen LogP contribution is 2.33.